The number of hydrogen-bond acceptors (Lipinski definition) is 5. The van der Waals surface area contributed by atoms with Crippen molar-refractivity contribution in [2.24, 2.45) is 0 Å². The van der Waals surface area contributed by atoms with Gasteiger partial charge in [0.25, 0.3) is 24.5 Å². The highest BCUT2D eigenvalue weighted by Crippen LogP contribution is 2.32. The van der Waals surface area contributed by atoms with Gasteiger partial charge in [0.05, 0.1) is 24.0 Å². The zero-order chi connectivity index (χ0) is 26.5. The van der Waals surface area contributed by atoms with Gasteiger partial charge in [-0.15, -0.1) is 11.3 Å². The zero-order valence-electron chi connectivity index (χ0n) is 20.4. The number of nitrogens with one attached hydrogen (secondary N) is 1. The van der Waals surface area contributed by atoms with Gasteiger partial charge in [-0.2, -0.15) is 5.10 Å². The van der Waals surface area contributed by atoms with Gasteiger partial charge in [0, 0.05) is 34.5 Å². The predicted octanol–water partition coefficient (Wildman–Crippen LogP) is 5.07. The van der Waals surface area contributed by atoms with Crippen molar-refractivity contribution in [3.8, 4) is 0 Å². The van der Waals surface area contributed by atoms with E-state index in [2.05, 4.69) is 15.4 Å². The summed E-state index contributed by atoms with van der Waals surface area (Å²) in [6.07, 6.45) is -2.22. The molecule has 1 atom stereocenters. The highest BCUT2D eigenvalue weighted by molar-refractivity contribution is 7.10. The summed E-state index contributed by atoms with van der Waals surface area (Å²) >= 11 is 1.34. The molecule has 0 spiro atoms. The van der Waals surface area contributed by atoms with Gasteiger partial charge in [-0.3, -0.25) is 14.0 Å². The number of imidazole rings is 1. The van der Waals surface area contributed by atoms with Crippen molar-refractivity contribution in [3.63, 3.8) is 0 Å². The Morgan fingerprint density at radius 2 is 1.97 bits per heavy atom. The van der Waals surface area contributed by atoms with Gasteiger partial charge in [0.1, 0.15) is 17.2 Å². The molecule has 4 aromatic rings. The van der Waals surface area contributed by atoms with Gasteiger partial charge in [-0.1, -0.05) is 26.8 Å². The van der Waals surface area contributed by atoms with Crippen LogP contribution in [0.1, 0.15) is 64.0 Å². The van der Waals surface area contributed by atoms with Crippen LogP contribution in [-0.2, 0) is 18.4 Å². The van der Waals surface area contributed by atoms with Gasteiger partial charge in [0.2, 0.25) is 0 Å². The first-order chi connectivity index (χ1) is 17.5. The SMILES string of the molecule is CC(C)(C)c1cc(NC(=O)c2csc3c2CCN(C(=O)c2cnc4ccccn24)C3)n(C(F)C(F)F)n1. The second-order valence-electron chi connectivity index (χ2n) is 9.87. The number of halogens is 3. The summed E-state index contributed by atoms with van der Waals surface area (Å²) in [6.45, 7) is 6.17. The molecule has 0 saturated carbocycles. The van der Waals surface area contributed by atoms with Gasteiger partial charge in [-0.25, -0.2) is 22.8 Å². The fourth-order valence-electron chi connectivity index (χ4n) is 4.28. The van der Waals surface area contributed by atoms with E-state index in [0.717, 1.165) is 10.4 Å². The summed E-state index contributed by atoms with van der Waals surface area (Å²) in [6, 6.07) is 6.91. The van der Waals surface area contributed by atoms with E-state index in [1.807, 2.05) is 39.0 Å². The summed E-state index contributed by atoms with van der Waals surface area (Å²) in [5.74, 6) is -0.839. The van der Waals surface area contributed by atoms with E-state index in [0.29, 0.717) is 46.8 Å². The standard InChI is InChI=1S/C25H25F3N6O2S/c1-25(2,3)18-10-20(34(31-18)22(28)21(26)27)30-23(35)15-13-37-17-12-32(9-7-14(15)17)24(36)16-11-29-19-6-4-5-8-33(16)19/h4-6,8,10-11,13,21-22H,7,9,12H2,1-3H3,(H,30,35). The molecular formula is C25H25F3N6O2S. The van der Waals surface area contributed by atoms with Crippen LogP contribution in [-0.4, -0.2) is 48.8 Å². The van der Waals surface area contributed by atoms with Crippen LogP contribution in [0.2, 0.25) is 0 Å². The van der Waals surface area contributed by atoms with Crippen molar-refractivity contribution >= 4 is 34.6 Å². The minimum Gasteiger partial charge on any atom is -0.332 e. The van der Waals surface area contributed by atoms with Gasteiger partial charge in [-0.05, 0) is 24.1 Å². The summed E-state index contributed by atoms with van der Waals surface area (Å²) in [7, 11) is 0. The number of pyridine rings is 1. The molecule has 12 heteroatoms. The molecule has 0 aromatic carbocycles. The topological polar surface area (TPSA) is 84.5 Å². The van der Waals surface area contributed by atoms with Crippen LogP contribution in [0.5, 0.6) is 0 Å². The summed E-state index contributed by atoms with van der Waals surface area (Å²) in [5, 5.41) is 8.24. The molecule has 194 valence electrons. The van der Waals surface area contributed by atoms with E-state index < -0.39 is 24.0 Å². The van der Waals surface area contributed by atoms with Crippen molar-refractivity contribution in [1.29, 1.82) is 0 Å². The molecule has 4 aromatic heterocycles. The largest absolute Gasteiger partial charge is 0.332 e. The first-order valence-corrected chi connectivity index (χ1v) is 12.6. The maximum Gasteiger partial charge on any atom is 0.289 e. The highest BCUT2D eigenvalue weighted by Gasteiger charge is 2.31. The maximum atomic E-state index is 14.3. The molecule has 0 radical (unpaired) electrons. The molecule has 0 bridgehead atoms. The molecule has 37 heavy (non-hydrogen) atoms. The summed E-state index contributed by atoms with van der Waals surface area (Å²) < 4.78 is 42.8. The van der Waals surface area contributed by atoms with Gasteiger partial charge < -0.3 is 10.2 Å². The van der Waals surface area contributed by atoms with Crippen LogP contribution in [0.25, 0.3) is 5.65 Å². The molecule has 2 amide bonds. The highest BCUT2D eigenvalue weighted by atomic mass is 32.1. The quantitative estimate of drug-likeness (QED) is 0.390. The second kappa shape index (κ2) is 9.33. The van der Waals surface area contributed by atoms with Crippen molar-refractivity contribution < 1.29 is 22.8 Å². The molecule has 1 unspecified atom stereocenters. The van der Waals surface area contributed by atoms with Crippen LogP contribution < -0.4 is 5.32 Å². The van der Waals surface area contributed by atoms with Crippen LogP contribution in [0.15, 0.2) is 42.0 Å². The number of carbonyl (C=O) groups excluding carboxylic acids is 2. The number of alkyl halides is 3. The molecule has 5 heterocycles. The van der Waals surface area contributed by atoms with Crippen molar-refractivity contribution in [1.82, 2.24) is 24.1 Å². The Bertz CT molecular complexity index is 1490. The third-order valence-electron chi connectivity index (χ3n) is 6.30. The second-order valence-corrected chi connectivity index (χ2v) is 10.8. The van der Waals surface area contributed by atoms with Crippen molar-refractivity contribution in [3.05, 3.63) is 69.4 Å². The van der Waals surface area contributed by atoms with Crippen molar-refractivity contribution in [2.45, 2.75) is 51.9 Å². The van der Waals surface area contributed by atoms with E-state index in [9.17, 15) is 22.8 Å². The predicted molar refractivity (Wildman–Crippen MR) is 133 cm³/mol. The van der Waals surface area contributed by atoms with E-state index in [4.69, 9.17) is 0 Å². The molecule has 0 aliphatic carbocycles. The zero-order valence-corrected chi connectivity index (χ0v) is 21.2. The van der Waals surface area contributed by atoms with Gasteiger partial charge in [0.15, 0.2) is 0 Å². The van der Waals surface area contributed by atoms with Gasteiger partial charge >= 0.3 is 0 Å². The number of amides is 2. The first-order valence-electron chi connectivity index (χ1n) is 11.7. The van der Waals surface area contributed by atoms with Crippen LogP contribution in [0.3, 0.4) is 0 Å². The first kappa shape index (κ1) is 25.0. The average molecular weight is 531 g/mol. The lowest BCUT2D eigenvalue weighted by atomic mass is 9.92. The number of aromatic nitrogens is 4. The summed E-state index contributed by atoms with van der Waals surface area (Å²) in [5.41, 5.74) is 2.13. The number of nitrogens with zero attached hydrogens (tertiary/aromatic N) is 5. The molecular weight excluding hydrogens is 505 g/mol. The van der Waals surface area contributed by atoms with E-state index >= 15 is 0 Å². The molecule has 1 aliphatic rings. The number of hydrogen-bond donors (Lipinski definition) is 1. The average Bonchev–Trinajstić information content (AvgIpc) is 3.58. The number of thiophene rings is 1. The molecule has 0 fully saturated rings. The minimum absolute atomic E-state index is 0.136. The lowest BCUT2D eigenvalue weighted by Gasteiger charge is -2.27. The maximum absolute atomic E-state index is 14.3. The lowest BCUT2D eigenvalue weighted by Crippen LogP contribution is -2.36. The Kier molecular flexibility index (Phi) is 6.30. The Hall–Kier alpha value is -3.67. The van der Waals surface area contributed by atoms with Crippen LogP contribution in [0, 0.1) is 0 Å². The molecule has 0 saturated heterocycles. The number of rotatable bonds is 5. The van der Waals surface area contributed by atoms with Crippen molar-refractivity contribution in [2.75, 3.05) is 11.9 Å². The molecule has 1 N–H and O–H groups in total. The minimum atomic E-state index is -3.30. The molecule has 5 rings (SSSR count). The van der Waals surface area contributed by atoms with E-state index in [-0.39, 0.29) is 11.7 Å². The number of fused-ring (bicyclic) bond motifs is 2. The Morgan fingerprint density at radius 1 is 1.19 bits per heavy atom. The molecule has 8 nitrogen and oxygen atoms in total. The van der Waals surface area contributed by atoms with Crippen LogP contribution in [0.4, 0.5) is 19.0 Å². The van der Waals surface area contributed by atoms with E-state index in [1.165, 1.54) is 17.4 Å². The molecule has 1 aliphatic heterocycles. The third kappa shape index (κ3) is 4.61. The Morgan fingerprint density at radius 3 is 2.70 bits per heavy atom. The fraction of sp³-hybridized carbons (Fsp3) is 0.360. The lowest BCUT2D eigenvalue weighted by molar-refractivity contribution is 0.00163. The smallest absolute Gasteiger partial charge is 0.289 e. The summed E-state index contributed by atoms with van der Waals surface area (Å²) in [4.78, 5) is 33.2. The van der Waals surface area contributed by atoms with E-state index in [1.54, 1.807) is 27.1 Å². The normalized spacial score (nSPS) is 14.7. The fourth-order valence-corrected chi connectivity index (χ4v) is 5.37. The third-order valence-corrected chi connectivity index (χ3v) is 7.32. The number of carbonyl (C=O) groups is 2. The number of anilines is 1. The Balaban J connectivity index is 1.36. The Labute approximate surface area is 214 Å². The monoisotopic (exact) mass is 530 g/mol. The van der Waals surface area contributed by atoms with Crippen LogP contribution >= 0.6 is 11.3 Å².